The van der Waals surface area contributed by atoms with Crippen molar-refractivity contribution in [2.75, 3.05) is 26.8 Å². The van der Waals surface area contributed by atoms with E-state index in [4.69, 9.17) is 9.47 Å². The number of ether oxygens (including phenoxy) is 2. The third kappa shape index (κ3) is 5.58. The van der Waals surface area contributed by atoms with Crippen LogP contribution in [0.5, 0.6) is 5.75 Å². The number of urea groups is 1. The standard InChI is InChI=1S/C20H30N4O4/c1-27-11-10-22-19(25)18-12-17(28-16-8-5-9-21-13-16)14-24(18)20(26)23-15-6-3-2-4-7-15/h5,8-9,13,15,17-18H,2-4,6-7,10-12,14H2,1H3,(H,22,25)(H,23,26)/t17-,18+/m0/s1. The molecule has 1 saturated heterocycles. The van der Waals surface area contributed by atoms with E-state index in [1.54, 1.807) is 30.5 Å². The van der Waals surface area contributed by atoms with E-state index in [9.17, 15) is 9.59 Å². The van der Waals surface area contributed by atoms with Crippen LogP contribution in [0.4, 0.5) is 4.79 Å². The van der Waals surface area contributed by atoms with Crippen molar-refractivity contribution in [1.29, 1.82) is 0 Å². The molecule has 2 heterocycles. The third-order valence-electron chi connectivity index (χ3n) is 5.30. The summed E-state index contributed by atoms with van der Waals surface area (Å²) in [4.78, 5) is 31.2. The lowest BCUT2D eigenvalue weighted by molar-refractivity contribution is -0.124. The molecular weight excluding hydrogens is 360 g/mol. The van der Waals surface area contributed by atoms with Crippen LogP contribution in [0.2, 0.25) is 0 Å². The lowest BCUT2D eigenvalue weighted by Gasteiger charge is -2.28. The van der Waals surface area contributed by atoms with Gasteiger partial charge in [0.1, 0.15) is 17.9 Å². The van der Waals surface area contributed by atoms with Crippen molar-refractivity contribution in [2.24, 2.45) is 0 Å². The van der Waals surface area contributed by atoms with Gasteiger partial charge in [0.25, 0.3) is 0 Å². The lowest BCUT2D eigenvalue weighted by atomic mass is 9.96. The van der Waals surface area contributed by atoms with E-state index in [1.165, 1.54) is 6.42 Å². The molecule has 0 spiro atoms. The number of pyridine rings is 1. The van der Waals surface area contributed by atoms with Crippen LogP contribution in [0.25, 0.3) is 0 Å². The molecule has 8 nitrogen and oxygen atoms in total. The largest absolute Gasteiger partial charge is 0.487 e. The Hall–Kier alpha value is -2.35. The van der Waals surface area contributed by atoms with E-state index in [-0.39, 0.29) is 24.1 Å². The molecule has 2 atom stereocenters. The van der Waals surface area contributed by atoms with E-state index in [1.807, 2.05) is 6.07 Å². The van der Waals surface area contributed by atoms with Gasteiger partial charge in [-0.05, 0) is 25.0 Å². The predicted octanol–water partition coefficient (Wildman–Crippen LogP) is 1.71. The van der Waals surface area contributed by atoms with E-state index < -0.39 is 6.04 Å². The summed E-state index contributed by atoms with van der Waals surface area (Å²) in [5.41, 5.74) is 0. The maximum Gasteiger partial charge on any atom is 0.318 e. The fourth-order valence-corrected chi connectivity index (χ4v) is 3.86. The van der Waals surface area contributed by atoms with Gasteiger partial charge in [0.15, 0.2) is 0 Å². The molecule has 154 valence electrons. The van der Waals surface area contributed by atoms with E-state index in [0.29, 0.717) is 31.9 Å². The van der Waals surface area contributed by atoms with Crippen molar-refractivity contribution in [1.82, 2.24) is 20.5 Å². The zero-order valence-corrected chi connectivity index (χ0v) is 16.4. The molecule has 8 heteroatoms. The monoisotopic (exact) mass is 390 g/mol. The summed E-state index contributed by atoms with van der Waals surface area (Å²) in [6, 6.07) is 3.08. The number of hydrogen-bond donors (Lipinski definition) is 2. The number of hydrogen-bond acceptors (Lipinski definition) is 5. The summed E-state index contributed by atoms with van der Waals surface area (Å²) in [5.74, 6) is 0.466. The minimum absolute atomic E-state index is 0.173. The van der Waals surface area contributed by atoms with Gasteiger partial charge in [0.05, 0.1) is 19.3 Å². The normalized spacial score (nSPS) is 22.7. The first kappa shape index (κ1) is 20.4. The van der Waals surface area contributed by atoms with E-state index in [2.05, 4.69) is 15.6 Å². The minimum Gasteiger partial charge on any atom is -0.487 e. The molecule has 0 radical (unpaired) electrons. The van der Waals surface area contributed by atoms with Gasteiger partial charge >= 0.3 is 6.03 Å². The van der Waals surface area contributed by atoms with Gasteiger partial charge in [-0.1, -0.05) is 19.3 Å². The molecule has 2 N–H and O–H groups in total. The number of nitrogens with one attached hydrogen (secondary N) is 2. The summed E-state index contributed by atoms with van der Waals surface area (Å²) in [6.45, 7) is 1.22. The Labute approximate surface area is 166 Å². The minimum atomic E-state index is -0.554. The molecule has 1 aromatic heterocycles. The summed E-state index contributed by atoms with van der Waals surface area (Å²) in [5, 5.41) is 5.96. The van der Waals surface area contributed by atoms with Crippen LogP contribution in [0.15, 0.2) is 24.5 Å². The summed E-state index contributed by atoms with van der Waals surface area (Å²) >= 11 is 0. The summed E-state index contributed by atoms with van der Waals surface area (Å²) < 4.78 is 11.0. The molecule has 3 rings (SSSR count). The zero-order valence-electron chi connectivity index (χ0n) is 16.4. The quantitative estimate of drug-likeness (QED) is 0.692. The van der Waals surface area contributed by atoms with Crippen LogP contribution in [-0.4, -0.2) is 66.8 Å². The Morgan fingerprint density at radius 2 is 2.11 bits per heavy atom. The topological polar surface area (TPSA) is 92.8 Å². The number of nitrogens with zero attached hydrogens (tertiary/aromatic N) is 2. The number of likely N-dealkylation sites (tertiary alicyclic amines) is 1. The molecule has 28 heavy (non-hydrogen) atoms. The average Bonchev–Trinajstić information content (AvgIpc) is 3.14. The Kier molecular flexibility index (Phi) is 7.47. The van der Waals surface area contributed by atoms with Gasteiger partial charge in [-0.2, -0.15) is 0 Å². The second kappa shape index (κ2) is 10.3. The fourth-order valence-electron chi connectivity index (χ4n) is 3.86. The molecule has 0 aromatic carbocycles. The van der Waals surface area contributed by atoms with Gasteiger partial charge in [0.2, 0.25) is 5.91 Å². The third-order valence-corrected chi connectivity index (χ3v) is 5.30. The highest BCUT2D eigenvalue weighted by molar-refractivity contribution is 5.88. The number of aromatic nitrogens is 1. The maximum absolute atomic E-state index is 12.9. The van der Waals surface area contributed by atoms with Crippen molar-refractivity contribution >= 4 is 11.9 Å². The van der Waals surface area contributed by atoms with E-state index in [0.717, 1.165) is 25.7 Å². The first-order valence-electron chi connectivity index (χ1n) is 10.1. The van der Waals surface area contributed by atoms with Crippen LogP contribution >= 0.6 is 0 Å². The smallest absolute Gasteiger partial charge is 0.318 e. The van der Waals surface area contributed by atoms with Gasteiger partial charge in [-0.25, -0.2) is 4.79 Å². The molecule has 1 aromatic rings. The SMILES string of the molecule is COCCNC(=O)[C@H]1C[C@H](Oc2cccnc2)CN1C(=O)NC1CCCCC1. The Morgan fingerprint density at radius 3 is 2.82 bits per heavy atom. The predicted molar refractivity (Wildman–Crippen MR) is 104 cm³/mol. The van der Waals surface area contributed by atoms with Crippen molar-refractivity contribution in [3.05, 3.63) is 24.5 Å². The van der Waals surface area contributed by atoms with Crippen LogP contribution < -0.4 is 15.4 Å². The van der Waals surface area contributed by atoms with Crippen LogP contribution in [0, 0.1) is 0 Å². The number of amides is 3. The summed E-state index contributed by atoms with van der Waals surface area (Å²) in [6.07, 6.45) is 9.01. The molecule has 3 amide bonds. The Morgan fingerprint density at radius 1 is 1.29 bits per heavy atom. The number of methoxy groups -OCH3 is 1. The fraction of sp³-hybridized carbons (Fsp3) is 0.650. The van der Waals surface area contributed by atoms with Crippen LogP contribution in [-0.2, 0) is 9.53 Å². The number of carbonyl (C=O) groups excluding carboxylic acids is 2. The highest BCUT2D eigenvalue weighted by atomic mass is 16.5. The number of rotatable bonds is 7. The van der Waals surface area contributed by atoms with Crippen molar-refractivity contribution in [2.45, 2.75) is 56.7 Å². The molecule has 1 aliphatic heterocycles. The lowest BCUT2D eigenvalue weighted by Crippen LogP contribution is -2.52. The second-order valence-electron chi connectivity index (χ2n) is 7.40. The van der Waals surface area contributed by atoms with Crippen molar-refractivity contribution < 1.29 is 19.1 Å². The molecule has 0 bridgehead atoms. The van der Waals surface area contributed by atoms with Crippen molar-refractivity contribution in [3.63, 3.8) is 0 Å². The second-order valence-corrected chi connectivity index (χ2v) is 7.40. The molecular formula is C20H30N4O4. The first-order valence-corrected chi connectivity index (χ1v) is 10.1. The molecule has 1 saturated carbocycles. The highest BCUT2D eigenvalue weighted by Gasteiger charge is 2.41. The zero-order chi connectivity index (χ0) is 19.8. The van der Waals surface area contributed by atoms with Crippen molar-refractivity contribution in [3.8, 4) is 5.75 Å². The van der Waals surface area contributed by atoms with Gasteiger partial charge < -0.3 is 25.0 Å². The molecule has 1 aliphatic carbocycles. The summed E-state index contributed by atoms with van der Waals surface area (Å²) in [7, 11) is 1.59. The Balaban J connectivity index is 1.63. The molecule has 0 unspecified atom stereocenters. The first-order chi connectivity index (χ1) is 13.7. The average molecular weight is 390 g/mol. The van der Waals surface area contributed by atoms with E-state index >= 15 is 0 Å². The maximum atomic E-state index is 12.9. The van der Waals surface area contributed by atoms with Crippen LogP contribution in [0.1, 0.15) is 38.5 Å². The molecule has 2 fully saturated rings. The number of carbonyl (C=O) groups is 2. The Bertz CT molecular complexity index is 636. The highest BCUT2D eigenvalue weighted by Crippen LogP contribution is 2.24. The molecule has 2 aliphatic rings. The van der Waals surface area contributed by atoms with Gasteiger partial charge in [-0.3, -0.25) is 9.78 Å². The van der Waals surface area contributed by atoms with Gasteiger partial charge in [0, 0.05) is 32.3 Å². The van der Waals surface area contributed by atoms with Gasteiger partial charge in [-0.15, -0.1) is 0 Å². The van der Waals surface area contributed by atoms with Crippen LogP contribution in [0.3, 0.4) is 0 Å².